The Hall–Kier alpha value is -3.39. The van der Waals surface area contributed by atoms with Gasteiger partial charge in [-0.1, -0.05) is 84.9 Å². The first-order valence-corrected chi connectivity index (χ1v) is 10.2. The van der Waals surface area contributed by atoms with Crippen molar-refractivity contribution in [2.45, 2.75) is 19.4 Å². The lowest BCUT2D eigenvalue weighted by atomic mass is 9.90. The van der Waals surface area contributed by atoms with Crippen molar-refractivity contribution in [3.05, 3.63) is 115 Å². The molecule has 29 heavy (non-hydrogen) atoms. The van der Waals surface area contributed by atoms with Crippen LogP contribution in [0.15, 0.2) is 104 Å². The first-order chi connectivity index (χ1) is 14.3. The number of rotatable bonds is 6. The molecule has 0 saturated carbocycles. The van der Waals surface area contributed by atoms with E-state index in [2.05, 4.69) is 101 Å². The lowest BCUT2D eigenvalue weighted by molar-refractivity contribution is 0.438. The summed E-state index contributed by atoms with van der Waals surface area (Å²) in [6.07, 6.45) is 7.95. The third kappa shape index (κ3) is 4.07. The third-order valence-electron chi connectivity index (χ3n) is 5.70. The Morgan fingerprint density at radius 1 is 0.655 bits per heavy atom. The summed E-state index contributed by atoms with van der Waals surface area (Å²) in [5.74, 6) is 0.506. The maximum Gasteiger partial charge on any atom is 0.0946 e. The van der Waals surface area contributed by atoms with Gasteiger partial charge < -0.3 is 4.57 Å². The minimum Gasteiger partial charge on any atom is -0.337 e. The lowest BCUT2D eigenvalue weighted by Gasteiger charge is -2.19. The van der Waals surface area contributed by atoms with Crippen LogP contribution in [0.5, 0.6) is 0 Å². The fourth-order valence-corrected chi connectivity index (χ4v) is 4.29. The molecule has 0 bridgehead atoms. The van der Waals surface area contributed by atoms with Crippen LogP contribution in [-0.2, 0) is 19.4 Å². The van der Waals surface area contributed by atoms with Gasteiger partial charge in [0.05, 0.1) is 6.33 Å². The van der Waals surface area contributed by atoms with Gasteiger partial charge in [-0.15, -0.1) is 0 Å². The van der Waals surface area contributed by atoms with E-state index in [1.165, 1.54) is 32.7 Å². The van der Waals surface area contributed by atoms with Gasteiger partial charge in [-0.2, -0.15) is 0 Å². The van der Waals surface area contributed by atoms with Crippen molar-refractivity contribution in [2.75, 3.05) is 0 Å². The first-order valence-electron chi connectivity index (χ1n) is 10.2. The zero-order chi connectivity index (χ0) is 19.5. The minimum absolute atomic E-state index is 0.506. The van der Waals surface area contributed by atoms with Crippen LogP contribution in [0.25, 0.3) is 21.5 Å². The van der Waals surface area contributed by atoms with Crippen LogP contribution in [0, 0.1) is 5.92 Å². The molecule has 5 rings (SSSR count). The monoisotopic (exact) mass is 376 g/mol. The Bertz CT molecular complexity index is 1160. The molecule has 4 aromatic carbocycles. The molecule has 0 aliphatic rings. The van der Waals surface area contributed by atoms with Crippen molar-refractivity contribution in [1.29, 1.82) is 0 Å². The van der Waals surface area contributed by atoms with Crippen molar-refractivity contribution in [1.82, 2.24) is 9.55 Å². The van der Waals surface area contributed by atoms with Gasteiger partial charge in [-0.3, -0.25) is 0 Å². The van der Waals surface area contributed by atoms with Crippen molar-refractivity contribution in [3.63, 3.8) is 0 Å². The molecule has 0 aliphatic carbocycles. The number of nitrogens with zero attached hydrogens (tertiary/aromatic N) is 2. The fourth-order valence-electron chi connectivity index (χ4n) is 4.29. The highest BCUT2D eigenvalue weighted by Gasteiger charge is 2.13. The molecular formula is C27H24N2. The molecule has 0 amide bonds. The molecule has 0 saturated heterocycles. The van der Waals surface area contributed by atoms with Gasteiger partial charge in [0.1, 0.15) is 0 Å². The van der Waals surface area contributed by atoms with Crippen LogP contribution < -0.4 is 0 Å². The van der Waals surface area contributed by atoms with Crippen molar-refractivity contribution < 1.29 is 0 Å². The van der Waals surface area contributed by atoms with Gasteiger partial charge in [0.2, 0.25) is 0 Å². The van der Waals surface area contributed by atoms with Crippen molar-refractivity contribution in [2.24, 2.45) is 5.92 Å². The maximum atomic E-state index is 4.23. The van der Waals surface area contributed by atoms with Gasteiger partial charge in [-0.05, 0) is 51.4 Å². The van der Waals surface area contributed by atoms with Gasteiger partial charge in [0.25, 0.3) is 0 Å². The van der Waals surface area contributed by atoms with Crippen molar-refractivity contribution >= 4 is 21.5 Å². The minimum atomic E-state index is 0.506. The molecule has 0 spiro atoms. The average Bonchev–Trinajstić information content (AvgIpc) is 3.26. The zero-order valence-electron chi connectivity index (χ0n) is 16.4. The topological polar surface area (TPSA) is 17.8 Å². The summed E-state index contributed by atoms with van der Waals surface area (Å²) in [7, 11) is 0. The van der Waals surface area contributed by atoms with Gasteiger partial charge in [-0.25, -0.2) is 4.98 Å². The summed E-state index contributed by atoms with van der Waals surface area (Å²) < 4.78 is 2.20. The number of hydrogen-bond donors (Lipinski definition) is 0. The highest BCUT2D eigenvalue weighted by molar-refractivity contribution is 5.83. The molecule has 1 heterocycles. The normalized spacial score (nSPS) is 11.5. The largest absolute Gasteiger partial charge is 0.337 e. The Morgan fingerprint density at radius 3 is 1.72 bits per heavy atom. The molecule has 0 unspecified atom stereocenters. The van der Waals surface area contributed by atoms with Gasteiger partial charge >= 0.3 is 0 Å². The summed E-state index contributed by atoms with van der Waals surface area (Å²) >= 11 is 0. The summed E-state index contributed by atoms with van der Waals surface area (Å²) in [6, 6.07) is 30.9. The molecule has 5 aromatic rings. The quantitative estimate of drug-likeness (QED) is 0.340. The van der Waals surface area contributed by atoms with Gasteiger partial charge in [0, 0.05) is 18.9 Å². The molecule has 0 aliphatic heterocycles. The molecule has 0 radical (unpaired) electrons. The van der Waals surface area contributed by atoms with Crippen LogP contribution in [0.1, 0.15) is 11.1 Å². The van der Waals surface area contributed by atoms with Gasteiger partial charge in [0.15, 0.2) is 0 Å². The smallest absolute Gasteiger partial charge is 0.0946 e. The lowest BCUT2D eigenvalue weighted by Crippen LogP contribution is -2.15. The summed E-state index contributed by atoms with van der Waals surface area (Å²) in [6.45, 7) is 0.972. The Balaban J connectivity index is 1.43. The first kappa shape index (κ1) is 17.7. The van der Waals surface area contributed by atoms with E-state index < -0.39 is 0 Å². The Kier molecular flexibility index (Phi) is 4.83. The SMILES string of the molecule is c1ccc2cc(CC(Cc3ccc4ccccc4c3)Cn3ccnc3)ccc2c1. The predicted molar refractivity (Wildman–Crippen MR) is 121 cm³/mol. The van der Waals surface area contributed by atoms with Crippen LogP contribution in [0.2, 0.25) is 0 Å². The average molecular weight is 377 g/mol. The number of aromatic nitrogens is 2. The highest BCUT2D eigenvalue weighted by Crippen LogP contribution is 2.23. The van der Waals surface area contributed by atoms with Crippen molar-refractivity contribution in [3.8, 4) is 0 Å². The summed E-state index contributed by atoms with van der Waals surface area (Å²) in [5.41, 5.74) is 2.80. The highest BCUT2D eigenvalue weighted by atomic mass is 15.0. The molecule has 0 atom stereocenters. The van der Waals surface area contributed by atoms with E-state index in [0.717, 1.165) is 19.4 Å². The molecule has 2 heteroatoms. The van der Waals surface area contributed by atoms with E-state index in [1.54, 1.807) is 0 Å². The van der Waals surface area contributed by atoms with E-state index >= 15 is 0 Å². The second kappa shape index (κ2) is 7.92. The number of benzene rings is 4. The van der Waals surface area contributed by atoms with E-state index in [9.17, 15) is 0 Å². The predicted octanol–water partition coefficient (Wildman–Crippen LogP) is 6.29. The van der Waals surface area contributed by atoms with E-state index in [1.807, 2.05) is 12.5 Å². The fraction of sp³-hybridized carbons (Fsp3) is 0.148. The number of imidazole rings is 1. The zero-order valence-corrected chi connectivity index (χ0v) is 16.4. The van der Waals surface area contributed by atoms with Crippen LogP contribution in [0.3, 0.4) is 0 Å². The molecule has 2 nitrogen and oxygen atoms in total. The second-order valence-corrected chi connectivity index (χ2v) is 7.90. The number of hydrogen-bond acceptors (Lipinski definition) is 1. The number of fused-ring (bicyclic) bond motifs is 2. The standard InChI is InChI=1S/C27H24N2/c1-3-7-26-17-21(9-11-24(26)5-1)15-23(19-29-14-13-28-20-29)16-22-10-12-25-6-2-4-8-27(25)18-22/h1-14,17-18,20,23H,15-16,19H2. The van der Waals surface area contributed by atoms with Crippen LogP contribution in [-0.4, -0.2) is 9.55 Å². The molecule has 0 N–H and O–H groups in total. The second-order valence-electron chi connectivity index (χ2n) is 7.90. The summed E-state index contributed by atoms with van der Waals surface area (Å²) in [4.78, 5) is 4.23. The molecular weight excluding hydrogens is 352 g/mol. The van der Waals surface area contributed by atoms with Crippen LogP contribution >= 0.6 is 0 Å². The molecule has 0 fully saturated rings. The maximum absolute atomic E-state index is 4.23. The van der Waals surface area contributed by atoms with E-state index in [-0.39, 0.29) is 0 Å². The Labute approximate surface area is 171 Å². The van der Waals surface area contributed by atoms with E-state index in [4.69, 9.17) is 0 Å². The van der Waals surface area contributed by atoms with Crippen LogP contribution in [0.4, 0.5) is 0 Å². The third-order valence-corrected chi connectivity index (χ3v) is 5.70. The summed E-state index contributed by atoms with van der Waals surface area (Å²) in [5, 5.41) is 5.24. The molecule has 1 aromatic heterocycles. The Morgan fingerprint density at radius 2 is 1.21 bits per heavy atom. The van der Waals surface area contributed by atoms with E-state index in [0.29, 0.717) is 5.92 Å². The molecule has 142 valence electrons.